The Kier molecular flexibility index (Phi) is 5.13. The van der Waals surface area contributed by atoms with Crippen molar-refractivity contribution in [3.8, 4) is 11.5 Å². The van der Waals surface area contributed by atoms with E-state index in [0.29, 0.717) is 17.1 Å². The van der Waals surface area contributed by atoms with Crippen molar-refractivity contribution in [1.29, 1.82) is 0 Å². The highest BCUT2D eigenvalue weighted by atomic mass is 16.5. The van der Waals surface area contributed by atoms with Crippen LogP contribution in [0, 0.1) is 0 Å². The van der Waals surface area contributed by atoms with E-state index >= 15 is 0 Å². The number of hydrogen-bond acceptors (Lipinski definition) is 5. The maximum atomic E-state index is 13.1. The Morgan fingerprint density at radius 3 is 2.73 bits per heavy atom. The molecule has 1 amide bonds. The lowest BCUT2D eigenvalue weighted by Gasteiger charge is -2.17. The second kappa shape index (κ2) is 8.13. The van der Waals surface area contributed by atoms with E-state index in [1.165, 1.54) is 5.56 Å². The van der Waals surface area contributed by atoms with Gasteiger partial charge in [0, 0.05) is 48.2 Å². The van der Waals surface area contributed by atoms with Gasteiger partial charge in [0.2, 0.25) is 0 Å². The summed E-state index contributed by atoms with van der Waals surface area (Å²) < 4.78 is 6.00. The topological polar surface area (TPSA) is 75.3 Å². The molecule has 0 radical (unpaired) electrons. The van der Waals surface area contributed by atoms with E-state index in [9.17, 15) is 4.79 Å². The minimum Gasteiger partial charge on any atom is -0.457 e. The van der Waals surface area contributed by atoms with Crippen LogP contribution in [0.1, 0.15) is 29.8 Å². The Hall–Kier alpha value is -4.06. The Bertz CT molecular complexity index is 1360. The normalized spacial score (nSPS) is 13.8. The molecule has 33 heavy (non-hydrogen) atoms. The summed E-state index contributed by atoms with van der Waals surface area (Å²) in [5.74, 6) is 1.98. The Labute approximate surface area is 193 Å². The number of anilines is 3. The summed E-state index contributed by atoms with van der Waals surface area (Å²) in [7, 11) is 1.81. The number of nitrogens with one attached hydrogen (secondary N) is 3. The van der Waals surface area contributed by atoms with Gasteiger partial charge < -0.3 is 20.7 Å². The van der Waals surface area contributed by atoms with Gasteiger partial charge >= 0.3 is 0 Å². The van der Waals surface area contributed by atoms with E-state index in [1.807, 2.05) is 67.7 Å². The van der Waals surface area contributed by atoms with Gasteiger partial charge in [0.15, 0.2) is 0 Å². The van der Waals surface area contributed by atoms with E-state index in [1.54, 1.807) is 6.20 Å². The van der Waals surface area contributed by atoms with Gasteiger partial charge in [-0.05, 0) is 58.8 Å². The van der Waals surface area contributed by atoms with Gasteiger partial charge in [0.25, 0.3) is 5.91 Å². The number of ether oxygens (including phenoxy) is 1. The highest BCUT2D eigenvalue weighted by Gasteiger charge is 2.29. The summed E-state index contributed by atoms with van der Waals surface area (Å²) in [6.45, 7) is 5.32. The molecule has 0 aliphatic carbocycles. The number of aromatic nitrogens is 1. The first-order chi connectivity index (χ1) is 15.9. The van der Waals surface area contributed by atoms with Crippen LogP contribution < -0.4 is 20.7 Å². The van der Waals surface area contributed by atoms with Crippen molar-refractivity contribution >= 4 is 33.9 Å². The molecule has 0 bridgehead atoms. The van der Waals surface area contributed by atoms with Gasteiger partial charge in [-0.1, -0.05) is 32.0 Å². The van der Waals surface area contributed by atoms with Gasteiger partial charge in [-0.15, -0.1) is 0 Å². The van der Waals surface area contributed by atoms with E-state index in [4.69, 9.17) is 4.74 Å². The smallest absolute Gasteiger partial charge is 0.256 e. The Morgan fingerprint density at radius 2 is 1.88 bits per heavy atom. The minimum absolute atomic E-state index is 0.0954. The van der Waals surface area contributed by atoms with E-state index < -0.39 is 0 Å². The summed E-state index contributed by atoms with van der Waals surface area (Å²) in [5.41, 5.74) is 3.84. The zero-order chi connectivity index (χ0) is 23.0. The molecule has 5 rings (SSSR count). The van der Waals surface area contributed by atoms with Crippen molar-refractivity contribution in [3.63, 3.8) is 0 Å². The fourth-order valence-corrected chi connectivity index (χ4v) is 4.24. The van der Waals surface area contributed by atoms with Crippen LogP contribution in [-0.2, 0) is 5.41 Å². The van der Waals surface area contributed by atoms with E-state index in [-0.39, 0.29) is 11.3 Å². The molecule has 166 valence electrons. The predicted molar refractivity (Wildman–Crippen MR) is 134 cm³/mol. The molecule has 2 heterocycles. The molecule has 0 unspecified atom stereocenters. The highest BCUT2D eigenvalue weighted by molar-refractivity contribution is 6.13. The number of carbonyl (C=O) groups excluding carboxylic acids is 1. The van der Waals surface area contributed by atoms with Crippen molar-refractivity contribution in [2.75, 3.05) is 29.5 Å². The third-order valence-electron chi connectivity index (χ3n) is 6.05. The highest BCUT2D eigenvalue weighted by Crippen LogP contribution is 2.37. The molecule has 0 saturated heterocycles. The first-order valence-corrected chi connectivity index (χ1v) is 11.0. The van der Waals surface area contributed by atoms with Crippen LogP contribution in [-0.4, -0.2) is 24.5 Å². The van der Waals surface area contributed by atoms with Crippen LogP contribution in [0.3, 0.4) is 0 Å². The number of benzene rings is 3. The number of rotatable bonds is 5. The third kappa shape index (κ3) is 4.07. The van der Waals surface area contributed by atoms with Gasteiger partial charge in [0.05, 0.1) is 0 Å². The van der Waals surface area contributed by atoms with Crippen molar-refractivity contribution in [3.05, 3.63) is 84.1 Å². The van der Waals surface area contributed by atoms with Crippen LogP contribution in [0.25, 0.3) is 10.8 Å². The lowest BCUT2D eigenvalue weighted by molar-refractivity contribution is 0.102. The number of carbonyl (C=O) groups is 1. The number of hydrogen-bond donors (Lipinski definition) is 3. The maximum absolute atomic E-state index is 13.1. The van der Waals surface area contributed by atoms with Gasteiger partial charge in [-0.25, -0.2) is 4.98 Å². The zero-order valence-electron chi connectivity index (χ0n) is 18.9. The van der Waals surface area contributed by atoms with Gasteiger partial charge in [-0.3, -0.25) is 4.79 Å². The number of pyridine rings is 1. The van der Waals surface area contributed by atoms with Crippen LogP contribution in [0.5, 0.6) is 11.5 Å². The second-order valence-corrected chi connectivity index (χ2v) is 8.87. The summed E-state index contributed by atoms with van der Waals surface area (Å²) in [5, 5.41) is 11.3. The molecule has 0 atom stereocenters. The van der Waals surface area contributed by atoms with Crippen molar-refractivity contribution in [2.24, 2.45) is 0 Å². The zero-order valence-corrected chi connectivity index (χ0v) is 18.9. The first kappa shape index (κ1) is 20.8. The molecule has 3 aromatic carbocycles. The molecule has 0 spiro atoms. The molecular weight excluding hydrogens is 412 g/mol. The molecule has 6 heteroatoms. The molecule has 4 aromatic rings. The predicted octanol–water partition coefficient (Wildman–Crippen LogP) is 6.02. The van der Waals surface area contributed by atoms with Crippen LogP contribution >= 0.6 is 0 Å². The van der Waals surface area contributed by atoms with Crippen molar-refractivity contribution in [2.45, 2.75) is 19.3 Å². The standard InChI is InChI=1S/C27H26N4O2/c1-27(2)16-30-24-14-18(7-10-23(24)27)31-26(32)22-6-4-5-17-13-19(8-9-21(17)22)33-20-11-12-29-25(15-20)28-3/h4-15,30H,16H2,1-3H3,(H,28,29)(H,31,32). The maximum Gasteiger partial charge on any atom is 0.256 e. The average Bonchev–Trinajstić information content (AvgIpc) is 3.12. The largest absolute Gasteiger partial charge is 0.457 e. The number of amides is 1. The van der Waals surface area contributed by atoms with Crippen LogP contribution in [0.2, 0.25) is 0 Å². The monoisotopic (exact) mass is 438 g/mol. The minimum atomic E-state index is -0.140. The lowest BCUT2D eigenvalue weighted by Crippen LogP contribution is -2.18. The van der Waals surface area contributed by atoms with Crippen LogP contribution in [0.4, 0.5) is 17.2 Å². The van der Waals surface area contributed by atoms with Crippen molar-refractivity contribution < 1.29 is 9.53 Å². The number of fused-ring (bicyclic) bond motifs is 2. The summed E-state index contributed by atoms with van der Waals surface area (Å²) >= 11 is 0. The molecule has 3 N–H and O–H groups in total. The molecule has 6 nitrogen and oxygen atoms in total. The quantitative estimate of drug-likeness (QED) is 0.355. The summed E-state index contributed by atoms with van der Waals surface area (Å²) in [6, 6.07) is 21.2. The van der Waals surface area contributed by atoms with Gasteiger partial charge in [0.1, 0.15) is 17.3 Å². The molecular formula is C27H26N4O2. The first-order valence-electron chi connectivity index (χ1n) is 11.0. The second-order valence-electron chi connectivity index (χ2n) is 8.87. The molecule has 0 fully saturated rings. The molecule has 1 aromatic heterocycles. The number of nitrogens with zero attached hydrogens (tertiary/aromatic N) is 1. The SMILES string of the molecule is CNc1cc(Oc2ccc3c(C(=O)Nc4ccc5c(c4)NCC5(C)C)cccc3c2)ccn1. The van der Waals surface area contributed by atoms with E-state index in [2.05, 4.69) is 40.8 Å². The van der Waals surface area contributed by atoms with Gasteiger partial charge in [-0.2, -0.15) is 0 Å². The Balaban J connectivity index is 1.39. The molecule has 1 aliphatic rings. The molecule has 0 saturated carbocycles. The molecule has 1 aliphatic heterocycles. The average molecular weight is 439 g/mol. The fourth-order valence-electron chi connectivity index (χ4n) is 4.24. The van der Waals surface area contributed by atoms with E-state index in [0.717, 1.165) is 34.5 Å². The lowest BCUT2D eigenvalue weighted by atomic mass is 9.87. The third-order valence-corrected chi connectivity index (χ3v) is 6.05. The summed E-state index contributed by atoms with van der Waals surface area (Å²) in [4.78, 5) is 17.3. The Morgan fingerprint density at radius 1 is 1.03 bits per heavy atom. The fraction of sp³-hybridized carbons (Fsp3) is 0.185. The summed E-state index contributed by atoms with van der Waals surface area (Å²) in [6.07, 6.45) is 1.69. The van der Waals surface area contributed by atoms with Crippen molar-refractivity contribution in [1.82, 2.24) is 4.98 Å². The van der Waals surface area contributed by atoms with Crippen LogP contribution in [0.15, 0.2) is 72.9 Å².